The highest BCUT2D eigenvalue weighted by Gasteiger charge is 2.15. The predicted molar refractivity (Wildman–Crippen MR) is 78.9 cm³/mol. The molecule has 3 aromatic rings. The average Bonchev–Trinajstić information content (AvgIpc) is 2.50. The number of hydrogen-bond acceptors (Lipinski definition) is 7. The van der Waals surface area contributed by atoms with Gasteiger partial charge in [0.25, 0.3) is 0 Å². The van der Waals surface area contributed by atoms with Crippen LogP contribution in [0.4, 0.5) is 0 Å². The summed E-state index contributed by atoms with van der Waals surface area (Å²) < 4.78 is 10.3. The summed E-state index contributed by atoms with van der Waals surface area (Å²) in [6.45, 7) is 0. The van der Waals surface area contributed by atoms with Gasteiger partial charge < -0.3 is 29.6 Å². The standard InChI is InChI=1S/C16H12O7/c1-22-11-4-7(2-3-9(11)18)16-15(21)14(20)13-10(19)5-8(17)6-12(13)23-16/h2-6,17-19,21H,1H3/p-1. The molecular weight excluding hydrogens is 304 g/mol. The van der Waals surface area contributed by atoms with Gasteiger partial charge in [0.2, 0.25) is 0 Å². The fourth-order valence-corrected chi connectivity index (χ4v) is 2.28. The van der Waals surface area contributed by atoms with Crippen molar-refractivity contribution in [3.8, 4) is 40.1 Å². The van der Waals surface area contributed by atoms with E-state index in [4.69, 9.17) is 9.15 Å². The Bertz CT molecular complexity index is 972. The lowest BCUT2D eigenvalue weighted by Crippen LogP contribution is -2.11. The van der Waals surface area contributed by atoms with Crippen molar-refractivity contribution >= 4 is 11.0 Å². The summed E-state index contributed by atoms with van der Waals surface area (Å²) in [7, 11) is 1.34. The third kappa shape index (κ3) is 2.28. The number of aromatic hydroxyl groups is 3. The van der Waals surface area contributed by atoms with Crippen LogP contribution in [-0.4, -0.2) is 22.4 Å². The van der Waals surface area contributed by atoms with Crippen LogP contribution in [0.2, 0.25) is 0 Å². The summed E-state index contributed by atoms with van der Waals surface area (Å²) in [5.41, 5.74) is -0.869. The second kappa shape index (κ2) is 5.13. The fraction of sp³-hybridized carbons (Fsp3) is 0.0625. The van der Waals surface area contributed by atoms with E-state index < -0.39 is 16.9 Å². The second-order valence-electron chi connectivity index (χ2n) is 4.81. The van der Waals surface area contributed by atoms with Gasteiger partial charge in [-0.05, 0) is 23.9 Å². The van der Waals surface area contributed by atoms with Crippen LogP contribution in [0.5, 0.6) is 28.7 Å². The summed E-state index contributed by atoms with van der Waals surface area (Å²) in [6.07, 6.45) is 0. The quantitative estimate of drug-likeness (QED) is 0.657. The van der Waals surface area contributed by atoms with Crippen molar-refractivity contribution in [2.45, 2.75) is 0 Å². The molecule has 0 amide bonds. The molecule has 0 saturated carbocycles. The minimum atomic E-state index is -0.953. The molecule has 0 aliphatic heterocycles. The van der Waals surface area contributed by atoms with E-state index in [1.54, 1.807) is 0 Å². The Morgan fingerprint density at radius 2 is 1.83 bits per heavy atom. The first kappa shape index (κ1) is 14.6. The molecule has 0 aliphatic carbocycles. The Morgan fingerprint density at radius 1 is 1.09 bits per heavy atom. The Kier molecular flexibility index (Phi) is 3.25. The first-order chi connectivity index (χ1) is 10.9. The Balaban J connectivity index is 2.35. The van der Waals surface area contributed by atoms with Crippen molar-refractivity contribution in [3.63, 3.8) is 0 Å². The number of hydrogen-bond donors (Lipinski definition) is 3. The molecule has 3 rings (SSSR count). The molecular formula is C16H11O7-. The van der Waals surface area contributed by atoms with Crippen LogP contribution in [0.3, 0.4) is 0 Å². The minimum absolute atomic E-state index is 0.100. The van der Waals surface area contributed by atoms with Gasteiger partial charge in [0.1, 0.15) is 28.2 Å². The predicted octanol–water partition coefficient (Wildman–Crippen LogP) is 1.66. The molecule has 118 valence electrons. The van der Waals surface area contributed by atoms with Crippen LogP contribution in [0.15, 0.2) is 39.5 Å². The van der Waals surface area contributed by atoms with Crippen LogP contribution in [-0.2, 0) is 0 Å². The van der Waals surface area contributed by atoms with Crippen LogP contribution >= 0.6 is 0 Å². The van der Waals surface area contributed by atoms with E-state index >= 15 is 0 Å². The van der Waals surface area contributed by atoms with Crippen molar-refractivity contribution in [1.29, 1.82) is 0 Å². The SMILES string of the molecule is COc1cc(-c2oc3cc(O)cc(O)c3c(=O)c2[O-])ccc1O. The first-order valence-electron chi connectivity index (χ1n) is 6.49. The van der Waals surface area contributed by atoms with E-state index in [-0.39, 0.29) is 39.5 Å². The maximum absolute atomic E-state index is 12.2. The van der Waals surface area contributed by atoms with Gasteiger partial charge in [0.15, 0.2) is 16.9 Å². The Labute approximate surface area is 129 Å². The number of benzene rings is 2. The number of phenolic OH excluding ortho intramolecular Hbond substituents is 3. The molecule has 0 aliphatic rings. The van der Waals surface area contributed by atoms with E-state index in [2.05, 4.69) is 0 Å². The molecule has 0 saturated heterocycles. The molecule has 0 radical (unpaired) electrons. The summed E-state index contributed by atoms with van der Waals surface area (Å²) in [4.78, 5) is 12.2. The molecule has 0 bridgehead atoms. The smallest absolute Gasteiger partial charge is 0.189 e. The zero-order valence-electron chi connectivity index (χ0n) is 11.9. The molecule has 1 aromatic heterocycles. The van der Waals surface area contributed by atoms with Crippen LogP contribution in [0.1, 0.15) is 0 Å². The van der Waals surface area contributed by atoms with Crippen LogP contribution in [0, 0.1) is 0 Å². The topological polar surface area (TPSA) is 123 Å². The van der Waals surface area contributed by atoms with Gasteiger partial charge in [0.05, 0.1) is 7.11 Å². The third-order valence-electron chi connectivity index (χ3n) is 3.36. The van der Waals surface area contributed by atoms with Gasteiger partial charge >= 0.3 is 0 Å². The molecule has 23 heavy (non-hydrogen) atoms. The fourth-order valence-electron chi connectivity index (χ4n) is 2.28. The van der Waals surface area contributed by atoms with Crippen molar-refractivity contribution in [2.24, 2.45) is 0 Å². The summed E-state index contributed by atoms with van der Waals surface area (Å²) in [5, 5.41) is 40.7. The third-order valence-corrected chi connectivity index (χ3v) is 3.36. The summed E-state index contributed by atoms with van der Waals surface area (Å²) in [5.74, 6) is -2.13. The minimum Gasteiger partial charge on any atom is -0.867 e. The number of methoxy groups -OCH3 is 1. The van der Waals surface area contributed by atoms with Crippen molar-refractivity contribution in [1.82, 2.24) is 0 Å². The zero-order valence-corrected chi connectivity index (χ0v) is 11.9. The lowest BCUT2D eigenvalue weighted by molar-refractivity contribution is -0.270. The second-order valence-corrected chi connectivity index (χ2v) is 4.81. The lowest BCUT2D eigenvalue weighted by atomic mass is 10.1. The van der Waals surface area contributed by atoms with Crippen molar-refractivity contribution in [3.05, 3.63) is 40.6 Å². The Morgan fingerprint density at radius 3 is 2.52 bits per heavy atom. The molecule has 0 spiro atoms. The summed E-state index contributed by atoms with van der Waals surface area (Å²) in [6, 6.07) is 6.08. The van der Waals surface area contributed by atoms with E-state index in [1.807, 2.05) is 0 Å². The highest BCUT2D eigenvalue weighted by Crippen LogP contribution is 2.37. The largest absolute Gasteiger partial charge is 0.867 e. The average molecular weight is 315 g/mol. The van der Waals surface area contributed by atoms with E-state index in [9.17, 15) is 25.2 Å². The Hall–Kier alpha value is -3.35. The van der Waals surface area contributed by atoms with Crippen LogP contribution in [0.25, 0.3) is 22.3 Å². The molecule has 7 nitrogen and oxygen atoms in total. The van der Waals surface area contributed by atoms with E-state index in [0.29, 0.717) is 0 Å². The number of rotatable bonds is 2. The molecule has 0 fully saturated rings. The molecule has 0 unspecified atom stereocenters. The zero-order chi connectivity index (χ0) is 16.7. The molecule has 7 heteroatoms. The number of phenols is 3. The van der Waals surface area contributed by atoms with Gasteiger partial charge in [0, 0.05) is 17.7 Å². The molecule has 2 aromatic carbocycles. The maximum Gasteiger partial charge on any atom is 0.189 e. The first-order valence-corrected chi connectivity index (χ1v) is 6.49. The number of fused-ring (bicyclic) bond motifs is 1. The van der Waals surface area contributed by atoms with Gasteiger partial charge in [-0.3, -0.25) is 4.79 Å². The molecule has 3 N–H and O–H groups in total. The lowest BCUT2D eigenvalue weighted by Gasteiger charge is -2.14. The highest BCUT2D eigenvalue weighted by atomic mass is 16.5. The maximum atomic E-state index is 12.2. The van der Waals surface area contributed by atoms with E-state index in [1.165, 1.54) is 25.3 Å². The van der Waals surface area contributed by atoms with Gasteiger partial charge in [-0.1, -0.05) is 0 Å². The van der Waals surface area contributed by atoms with Crippen molar-refractivity contribution in [2.75, 3.05) is 7.11 Å². The van der Waals surface area contributed by atoms with Gasteiger partial charge in [-0.2, -0.15) is 0 Å². The highest BCUT2D eigenvalue weighted by molar-refractivity contribution is 5.88. The van der Waals surface area contributed by atoms with Gasteiger partial charge in [-0.15, -0.1) is 0 Å². The molecule has 1 heterocycles. The van der Waals surface area contributed by atoms with E-state index in [0.717, 1.165) is 12.1 Å². The van der Waals surface area contributed by atoms with Crippen LogP contribution < -0.4 is 15.3 Å². The normalized spacial score (nSPS) is 10.8. The van der Waals surface area contributed by atoms with Crippen molar-refractivity contribution < 1.29 is 29.6 Å². The molecule has 0 atom stereocenters. The monoisotopic (exact) mass is 315 g/mol. The summed E-state index contributed by atoms with van der Waals surface area (Å²) >= 11 is 0. The van der Waals surface area contributed by atoms with Gasteiger partial charge in [-0.25, -0.2) is 0 Å². The number of ether oxygens (including phenoxy) is 1.